The normalized spacial score (nSPS) is 13.5. The molecular weight excluding hydrogens is 266 g/mol. The molecule has 0 unspecified atom stereocenters. The summed E-state index contributed by atoms with van der Waals surface area (Å²) in [6.45, 7) is 1.63. The van der Waals surface area contributed by atoms with Crippen LogP contribution in [0.4, 0.5) is 5.69 Å². The summed E-state index contributed by atoms with van der Waals surface area (Å²) in [5, 5.41) is 0. The summed E-state index contributed by atoms with van der Waals surface area (Å²) >= 11 is 0. The molecule has 4 nitrogen and oxygen atoms in total. The number of hydrogen-bond acceptors (Lipinski definition) is 3. The third-order valence-electron chi connectivity index (χ3n) is 3.49. The van der Waals surface area contributed by atoms with Crippen LogP contribution in [0.1, 0.15) is 15.9 Å². The highest BCUT2D eigenvalue weighted by Gasteiger charge is 2.24. The summed E-state index contributed by atoms with van der Waals surface area (Å²) in [5.74, 6) is 0.753. The molecule has 1 heterocycles. The van der Waals surface area contributed by atoms with Crippen molar-refractivity contribution in [2.45, 2.75) is 6.61 Å². The number of nitrogens with zero attached hydrogens (tertiary/aromatic N) is 1. The van der Waals surface area contributed by atoms with Crippen LogP contribution >= 0.6 is 0 Å². The molecule has 2 aromatic carbocycles. The van der Waals surface area contributed by atoms with E-state index >= 15 is 0 Å². The van der Waals surface area contributed by atoms with Crippen LogP contribution in [0.3, 0.4) is 0 Å². The number of fused-ring (bicyclic) bond motifs is 1. The van der Waals surface area contributed by atoms with Crippen molar-refractivity contribution in [2.24, 2.45) is 0 Å². The van der Waals surface area contributed by atoms with Crippen molar-refractivity contribution in [3.05, 3.63) is 59.7 Å². The third-order valence-corrected chi connectivity index (χ3v) is 3.49. The van der Waals surface area contributed by atoms with Gasteiger partial charge < -0.3 is 14.4 Å². The molecule has 3 rings (SSSR count). The smallest absolute Gasteiger partial charge is 0.258 e. The van der Waals surface area contributed by atoms with Gasteiger partial charge in [-0.25, -0.2) is 0 Å². The van der Waals surface area contributed by atoms with Crippen LogP contribution in [0.25, 0.3) is 0 Å². The summed E-state index contributed by atoms with van der Waals surface area (Å²) in [5.41, 5.74) is 2.55. The van der Waals surface area contributed by atoms with Gasteiger partial charge in [0.2, 0.25) is 0 Å². The van der Waals surface area contributed by atoms with Gasteiger partial charge in [0.1, 0.15) is 12.4 Å². The lowest BCUT2D eigenvalue weighted by atomic mass is 10.1. The molecule has 21 heavy (non-hydrogen) atoms. The Hall–Kier alpha value is -2.33. The van der Waals surface area contributed by atoms with E-state index in [0.717, 1.165) is 17.0 Å². The summed E-state index contributed by atoms with van der Waals surface area (Å²) in [6, 6.07) is 15.1. The maximum atomic E-state index is 12.7. The molecule has 4 heteroatoms. The molecule has 0 bridgehead atoms. The molecule has 0 spiro atoms. The number of carbonyl (C=O) groups excluding carboxylic acids is 1. The maximum Gasteiger partial charge on any atom is 0.258 e. The van der Waals surface area contributed by atoms with Crippen molar-refractivity contribution >= 4 is 11.6 Å². The zero-order chi connectivity index (χ0) is 14.7. The van der Waals surface area contributed by atoms with Gasteiger partial charge in [0.05, 0.1) is 18.8 Å². The van der Waals surface area contributed by atoms with E-state index < -0.39 is 0 Å². The van der Waals surface area contributed by atoms with Gasteiger partial charge in [-0.3, -0.25) is 4.79 Å². The van der Waals surface area contributed by atoms with Crippen molar-refractivity contribution in [3.8, 4) is 5.75 Å². The van der Waals surface area contributed by atoms with Gasteiger partial charge in [0.15, 0.2) is 0 Å². The SMILES string of the molecule is COCc1ccc(C(=O)N2CCOc3ccccc32)cc1. The van der Waals surface area contributed by atoms with Gasteiger partial charge in [0, 0.05) is 12.7 Å². The highest BCUT2D eigenvalue weighted by Crippen LogP contribution is 2.31. The number of ether oxygens (including phenoxy) is 2. The second-order valence-electron chi connectivity index (χ2n) is 4.90. The Morgan fingerprint density at radius 3 is 2.71 bits per heavy atom. The minimum atomic E-state index is -0.00489. The van der Waals surface area contributed by atoms with Crippen molar-refractivity contribution in [3.63, 3.8) is 0 Å². The van der Waals surface area contributed by atoms with Gasteiger partial charge in [-0.15, -0.1) is 0 Å². The van der Waals surface area contributed by atoms with E-state index in [1.54, 1.807) is 12.0 Å². The molecule has 1 aliphatic rings. The van der Waals surface area contributed by atoms with Gasteiger partial charge >= 0.3 is 0 Å². The molecule has 0 radical (unpaired) electrons. The van der Waals surface area contributed by atoms with Crippen molar-refractivity contribution in [1.82, 2.24) is 0 Å². The fourth-order valence-corrected chi connectivity index (χ4v) is 2.45. The Balaban J connectivity index is 1.86. The third kappa shape index (κ3) is 2.76. The first-order chi connectivity index (χ1) is 10.3. The molecule has 0 aliphatic carbocycles. The number of anilines is 1. The lowest BCUT2D eigenvalue weighted by Gasteiger charge is -2.29. The Morgan fingerprint density at radius 2 is 1.95 bits per heavy atom. The van der Waals surface area contributed by atoms with Gasteiger partial charge in [0.25, 0.3) is 5.91 Å². The van der Waals surface area contributed by atoms with E-state index in [0.29, 0.717) is 25.3 Å². The summed E-state index contributed by atoms with van der Waals surface area (Å²) in [6.07, 6.45) is 0. The molecule has 0 aromatic heterocycles. The summed E-state index contributed by atoms with van der Waals surface area (Å²) in [4.78, 5) is 14.4. The molecule has 108 valence electrons. The first kappa shape index (κ1) is 13.6. The number of hydrogen-bond donors (Lipinski definition) is 0. The first-order valence-corrected chi connectivity index (χ1v) is 6.91. The zero-order valence-corrected chi connectivity index (χ0v) is 11.9. The van der Waals surface area contributed by atoms with Crippen LogP contribution in [0.5, 0.6) is 5.75 Å². The molecule has 0 N–H and O–H groups in total. The zero-order valence-electron chi connectivity index (χ0n) is 11.9. The van der Waals surface area contributed by atoms with Gasteiger partial charge in [-0.05, 0) is 29.8 Å². The molecule has 0 saturated carbocycles. The minimum Gasteiger partial charge on any atom is -0.490 e. The molecule has 1 amide bonds. The van der Waals surface area contributed by atoms with Crippen LogP contribution in [0.2, 0.25) is 0 Å². The molecule has 0 atom stereocenters. The predicted octanol–water partition coefficient (Wildman–Crippen LogP) is 2.87. The number of para-hydroxylation sites is 2. The highest BCUT2D eigenvalue weighted by molar-refractivity contribution is 6.07. The first-order valence-electron chi connectivity index (χ1n) is 6.91. The number of benzene rings is 2. The fraction of sp³-hybridized carbons (Fsp3) is 0.235. The van der Waals surface area contributed by atoms with Crippen molar-refractivity contribution in [2.75, 3.05) is 25.2 Å². The largest absolute Gasteiger partial charge is 0.490 e. The predicted molar refractivity (Wildman–Crippen MR) is 80.8 cm³/mol. The van der Waals surface area contributed by atoms with Gasteiger partial charge in [-0.1, -0.05) is 24.3 Å². The number of amides is 1. The fourth-order valence-electron chi connectivity index (χ4n) is 2.45. The van der Waals surface area contributed by atoms with Crippen LogP contribution in [-0.2, 0) is 11.3 Å². The van der Waals surface area contributed by atoms with Gasteiger partial charge in [-0.2, -0.15) is 0 Å². The molecule has 0 saturated heterocycles. The van der Waals surface area contributed by atoms with Crippen LogP contribution in [0.15, 0.2) is 48.5 Å². The molecule has 1 aliphatic heterocycles. The number of rotatable bonds is 3. The average Bonchev–Trinajstić information content (AvgIpc) is 2.55. The average molecular weight is 283 g/mol. The number of carbonyl (C=O) groups is 1. The van der Waals surface area contributed by atoms with Crippen molar-refractivity contribution in [1.29, 1.82) is 0 Å². The number of methoxy groups -OCH3 is 1. The van der Waals surface area contributed by atoms with E-state index in [1.165, 1.54) is 0 Å². The quantitative estimate of drug-likeness (QED) is 0.869. The van der Waals surface area contributed by atoms with E-state index in [-0.39, 0.29) is 5.91 Å². The Kier molecular flexibility index (Phi) is 3.88. The second kappa shape index (κ2) is 5.97. The molecular formula is C17H17NO3. The van der Waals surface area contributed by atoms with Crippen LogP contribution < -0.4 is 9.64 Å². The monoisotopic (exact) mass is 283 g/mol. The Labute approximate surface area is 123 Å². The van der Waals surface area contributed by atoms with Crippen molar-refractivity contribution < 1.29 is 14.3 Å². The van der Waals surface area contributed by atoms with E-state index in [1.807, 2.05) is 48.5 Å². The molecule has 2 aromatic rings. The topological polar surface area (TPSA) is 38.8 Å². The van der Waals surface area contributed by atoms with Crippen LogP contribution in [0, 0.1) is 0 Å². The minimum absolute atomic E-state index is 0.00489. The highest BCUT2D eigenvalue weighted by atomic mass is 16.5. The summed E-state index contributed by atoms with van der Waals surface area (Å²) in [7, 11) is 1.66. The van der Waals surface area contributed by atoms with E-state index in [9.17, 15) is 4.79 Å². The maximum absolute atomic E-state index is 12.7. The Bertz CT molecular complexity index is 637. The Morgan fingerprint density at radius 1 is 1.19 bits per heavy atom. The second-order valence-corrected chi connectivity index (χ2v) is 4.90. The molecule has 0 fully saturated rings. The lowest BCUT2D eigenvalue weighted by molar-refractivity contribution is 0.0976. The van der Waals surface area contributed by atoms with E-state index in [4.69, 9.17) is 9.47 Å². The standard InChI is InChI=1S/C17H17NO3/c1-20-12-13-6-8-14(9-7-13)17(19)18-10-11-21-16-5-3-2-4-15(16)18/h2-9H,10-12H2,1H3. The lowest BCUT2D eigenvalue weighted by Crippen LogP contribution is -2.37. The van der Waals surface area contributed by atoms with Crippen LogP contribution in [-0.4, -0.2) is 26.2 Å². The summed E-state index contributed by atoms with van der Waals surface area (Å²) < 4.78 is 10.7. The van der Waals surface area contributed by atoms with E-state index in [2.05, 4.69) is 0 Å².